The van der Waals surface area contributed by atoms with Crippen LogP contribution in [0.5, 0.6) is 0 Å². The molecule has 0 radical (unpaired) electrons. The maximum Gasteiger partial charge on any atom is 0.170 e. The monoisotopic (exact) mass is 348 g/mol. The smallest absolute Gasteiger partial charge is 0.170 e. The fraction of sp³-hybridized carbons (Fsp3) is 0.250. The molecule has 0 fully saturated rings. The van der Waals surface area contributed by atoms with Crippen LogP contribution in [0.1, 0.15) is 6.42 Å². The predicted molar refractivity (Wildman–Crippen MR) is 84.1 cm³/mol. The van der Waals surface area contributed by atoms with E-state index >= 15 is 0 Å². The van der Waals surface area contributed by atoms with Gasteiger partial charge in [0, 0.05) is 16.7 Å². The summed E-state index contributed by atoms with van der Waals surface area (Å²) in [7, 11) is 0. The van der Waals surface area contributed by atoms with E-state index in [0.717, 1.165) is 23.1 Å². The summed E-state index contributed by atoms with van der Waals surface area (Å²) < 4.78 is 5.86. The van der Waals surface area contributed by atoms with Crippen LogP contribution in [0.25, 0.3) is 0 Å². The molecule has 0 bridgehead atoms. The molecule has 0 saturated carbocycles. The molecule has 2 N–H and O–H groups in total. The number of hydrogen-bond acceptors (Lipinski definition) is 2. The van der Waals surface area contributed by atoms with Crippen molar-refractivity contribution in [1.29, 1.82) is 0 Å². The largest absolute Gasteiger partial charge is 0.502 e. The van der Waals surface area contributed by atoms with Gasteiger partial charge in [0.1, 0.15) is 0 Å². The molecule has 0 saturated heterocycles. The van der Waals surface area contributed by atoms with Crippen molar-refractivity contribution in [3.8, 4) is 0 Å². The highest BCUT2D eigenvalue weighted by atomic mass is 79.9. The SMILES string of the molecule is C=COCCCNC(=S)Nc1ccc(Br)c(Cl)c1. The number of halogens is 2. The summed E-state index contributed by atoms with van der Waals surface area (Å²) in [4.78, 5) is 0. The van der Waals surface area contributed by atoms with Crippen molar-refractivity contribution in [3.05, 3.63) is 40.5 Å². The molecule has 0 aliphatic heterocycles. The van der Waals surface area contributed by atoms with Crippen molar-refractivity contribution in [1.82, 2.24) is 5.32 Å². The van der Waals surface area contributed by atoms with E-state index in [0.29, 0.717) is 16.7 Å². The summed E-state index contributed by atoms with van der Waals surface area (Å²) >= 11 is 14.5. The summed E-state index contributed by atoms with van der Waals surface area (Å²) in [6.07, 6.45) is 2.29. The van der Waals surface area contributed by atoms with E-state index in [1.807, 2.05) is 12.1 Å². The molecule has 0 unspecified atom stereocenters. The van der Waals surface area contributed by atoms with E-state index in [4.69, 9.17) is 28.6 Å². The normalized spacial score (nSPS) is 9.67. The minimum atomic E-state index is 0.562. The number of benzene rings is 1. The van der Waals surface area contributed by atoms with Crippen LogP contribution in [0, 0.1) is 0 Å². The number of ether oxygens (including phenoxy) is 1. The van der Waals surface area contributed by atoms with Gasteiger partial charge in [0.05, 0.1) is 17.9 Å². The first kappa shape index (κ1) is 15.3. The molecule has 6 heteroatoms. The average Bonchev–Trinajstić information content (AvgIpc) is 2.34. The van der Waals surface area contributed by atoms with E-state index in [1.165, 1.54) is 6.26 Å². The van der Waals surface area contributed by atoms with Crippen molar-refractivity contribution >= 4 is 50.5 Å². The van der Waals surface area contributed by atoms with Gasteiger partial charge in [-0.25, -0.2) is 0 Å². The second-order valence-electron chi connectivity index (χ2n) is 3.40. The van der Waals surface area contributed by atoms with Gasteiger partial charge in [-0.15, -0.1) is 0 Å². The second-order valence-corrected chi connectivity index (χ2v) is 5.07. The van der Waals surface area contributed by atoms with Gasteiger partial charge in [0.2, 0.25) is 0 Å². The first-order chi connectivity index (χ1) is 8.63. The lowest BCUT2D eigenvalue weighted by atomic mass is 10.3. The van der Waals surface area contributed by atoms with E-state index in [9.17, 15) is 0 Å². The van der Waals surface area contributed by atoms with Gasteiger partial charge in [-0.1, -0.05) is 18.2 Å². The van der Waals surface area contributed by atoms with Crippen LogP contribution in [0.2, 0.25) is 5.02 Å². The zero-order valence-electron chi connectivity index (χ0n) is 9.71. The van der Waals surface area contributed by atoms with Gasteiger partial charge in [-0.3, -0.25) is 0 Å². The van der Waals surface area contributed by atoms with E-state index in [2.05, 4.69) is 33.1 Å². The van der Waals surface area contributed by atoms with Crippen LogP contribution in [0.15, 0.2) is 35.5 Å². The minimum absolute atomic E-state index is 0.562. The molecule has 0 heterocycles. The third kappa shape index (κ3) is 5.71. The Labute approximate surface area is 126 Å². The Kier molecular flexibility index (Phi) is 7.08. The van der Waals surface area contributed by atoms with Crippen LogP contribution in [-0.2, 0) is 4.74 Å². The fourth-order valence-electron chi connectivity index (χ4n) is 1.19. The Morgan fingerprint density at radius 1 is 1.56 bits per heavy atom. The lowest BCUT2D eigenvalue weighted by molar-refractivity contribution is 0.247. The molecule has 1 aromatic rings. The first-order valence-corrected chi connectivity index (χ1v) is 6.94. The Morgan fingerprint density at radius 2 is 2.33 bits per heavy atom. The maximum atomic E-state index is 5.98. The molecule has 18 heavy (non-hydrogen) atoms. The van der Waals surface area contributed by atoms with E-state index in [-0.39, 0.29) is 0 Å². The molecule has 0 aromatic heterocycles. The van der Waals surface area contributed by atoms with Crippen LogP contribution < -0.4 is 10.6 Å². The number of hydrogen-bond donors (Lipinski definition) is 2. The summed E-state index contributed by atoms with van der Waals surface area (Å²) in [5, 5.41) is 7.33. The summed E-state index contributed by atoms with van der Waals surface area (Å²) in [5.74, 6) is 0. The third-order valence-corrected chi connectivity index (χ3v) is 3.50. The van der Waals surface area contributed by atoms with Gasteiger partial charge in [-0.2, -0.15) is 0 Å². The Morgan fingerprint density at radius 3 is 3.00 bits per heavy atom. The van der Waals surface area contributed by atoms with Crippen LogP contribution in [0.4, 0.5) is 5.69 Å². The molecular weight excluding hydrogens is 336 g/mol. The van der Waals surface area contributed by atoms with Crippen molar-refractivity contribution in [2.45, 2.75) is 6.42 Å². The molecular formula is C12H14BrClN2OS. The Hall–Kier alpha value is -0.780. The van der Waals surface area contributed by atoms with Crippen LogP contribution in [0.3, 0.4) is 0 Å². The van der Waals surface area contributed by atoms with Gasteiger partial charge in [0.25, 0.3) is 0 Å². The van der Waals surface area contributed by atoms with Crippen molar-refractivity contribution in [3.63, 3.8) is 0 Å². The van der Waals surface area contributed by atoms with Gasteiger partial charge >= 0.3 is 0 Å². The zero-order valence-corrected chi connectivity index (χ0v) is 12.9. The molecule has 98 valence electrons. The Balaban J connectivity index is 2.31. The van der Waals surface area contributed by atoms with E-state index in [1.54, 1.807) is 6.07 Å². The van der Waals surface area contributed by atoms with Crippen molar-refractivity contribution in [2.24, 2.45) is 0 Å². The summed E-state index contributed by atoms with van der Waals surface area (Å²) in [5.41, 5.74) is 0.850. The standard InChI is InChI=1S/C12H14BrClN2OS/c1-2-17-7-3-6-15-12(18)16-9-4-5-10(13)11(14)8-9/h2,4-5,8H,1,3,6-7H2,(H2,15,16,18). The molecule has 1 rings (SSSR count). The minimum Gasteiger partial charge on any atom is -0.502 e. The topological polar surface area (TPSA) is 33.3 Å². The Bertz CT molecular complexity index is 429. The summed E-state index contributed by atoms with van der Waals surface area (Å²) in [6.45, 7) is 4.84. The number of anilines is 1. The zero-order chi connectivity index (χ0) is 13.4. The van der Waals surface area contributed by atoms with Gasteiger partial charge < -0.3 is 15.4 Å². The molecule has 0 aliphatic rings. The van der Waals surface area contributed by atoms with Crippen LogP contribution in [-0.4, -0.2) is 18.3 Å². The fourth-order valence-corrected chi connectivity index (χ4v) is 1.84. The first-order valence-electron chi connectivity index (χ1n) is 5.36. The highest BCUT2D eigenvalue weighted by Gasteiger charge is 2.01. The molecule has 0 amide bonds. The molecule has 0 atom stereocenters. The van der Waals surface area contributed by atoms with Crippen LogP contribution >= 0.6 is 39.7 Å². The van der Waals surface area contributed by atoms with Gasteiger partial charge in [0.15, 0.2) is 5.11 Å². The van der Waals surface area contributed by atoms with Gasteiger partial charge in [-0.05, 0) is 52.8 Å². The highest BCUT2D eigenvalue weighted by Crippen LogP contribution is 2.25. The summed E-state index contributed by atoms with van der Waals surface area (Å²) in [6, 6.07) is 5.57. The molecule has 0 spiro atoms. The average molecular weight is 350 g/mol. The van der Waals surface area contributed by atoms with Crippen molar-refractivity contribution in [2.75, 3.05) is 18.5 Å². The maximum absolute atomic E-state index is 5.98. The number of nitrogens with one attached hydrogen (secondary N) is 2. The number of thiocarbonyl (C=S) groups is 1. The third-order valence-electron chi connectivity index (χ3n) is 2.02. The van der Waals surface area contributed by atoms with Crippen molar-refractivity contribution < 1.29 is 4.74 Å². The quantitative estimate of drug-likeness (QED) is 0.463. The lowest BCUT2D eigenvalue weighted by Crippen LogP contribution is -2.29. The number of rotatable bonds is 6. The van der Waals surface area contributed by atoms with E-state index < -0.39 is 0 Å². The molecule has 1 aromatic carbocycles. The second kappa shape index (κ2) is 8.34. The predicted octanol–water partition coefficient (Wildman–Crippen LogP) is 3.94. The molecule has 0 aliphatic carbocycles. The highest BCUT2D eigenvalue weighted by molar-refractivity contribution is 9.10. The lowest BCUT2D eigenvalue weighted by Gasteiger charge is -2.11. The molecule has 3 nitrogen and oxygen atoms in total.